The van der Waals surface area contributed by atoms with Gasteiger partial charge in [0, 0.05) is 5.41 Å². The quantitative estimate of drug-likeness (QED) is 0.720. The minimum absolute atomic E-state index is 0.128. The number of nitrogens with zero attached hydrogens (tertiary/aromatic N) is 2. The third-order valence-electron chi connectivity index (χ3n) is 2.48. The van der Waals surface area contributed by atoms with Crippen LogP contribution in [0.5, 0.6) is 0 Å². The van der Waals surface area contributed by atoms with Crippen molar-refractivity contribution >= 4 is 11.9 Å². The molecule has 0 radical (unpaired) electrons. The van der Waals surface area contributed by atoms with Crippen molar-refractivity contribution in [1.82, 2.24) is 15.2 Å². The Bertz CT molecular complexity index is 574. The van der Waals surface area contributed by atoms with E-state index < -0.39 is 17.3 Å². The number of aromatic amines is 1. The van der Waals surface area contributed by atoms with Gasteiger partial charge in [-0.05, 0) is 20.8 Å². The number of H-pyrrole nitrogens is 1. The van der Waals surface area contributed by atoms with Crippen LogP contribution in [-0.2, 0) is 19.8 Å². The molecule has 1 aliphatic heterocycles. The van der Waals surface area contributed by atoms with Gasteiger partial charge in [0.1, 0.15) is 6.42 Å². The number of carbonyl (C=O) groups is 2. The highest BCUT2D eigenvalue weighted by Gasteiger charge is 2.37. The van der Waals surface area contributed by atoms with E-state index in [4.69, 9.17) is 0 Å². The number of amides is 1. The molecule has 2 rings (SSSR count). The van der Waals surface area contributed by atoms with E-state index in [2.05, 4.69) is 19.5 Å². The second-order valence-electron chi connectivity index (χ2n) is 6.69. The van der Waals surface area contributed by atoms with E-state index in [0.29, 0.717) is 5.82 Å². The molecule has 1 saturated heterocycles. The minimum atomic E-state index is -0.495. The first kappa shape index (κ1) is 16.9. The van der Waals surface area contributed by atoms with E-state index >= 15 is 0 Å². The molecule has 0 aromatic carbocycles. The van der Waals surface area contributed by atoms with Crippen LogP contribution in [0.2, 0.25) is 0 Å². The lowest BCUT2D eigenvalue weighted by Gasteiger charge is -2.27. The molecule has 0 spiro atoms. The predicted molar refractivity (Wildman–Crippen MR) is 73.1 cm³/mol. The topological polar surface area (TPSA) is 106 Å². The lowest BCUT2D eigenvalue weighted by atomic mass is 9.96. The standard InChI is InChI=1S/C7H11NO3.C6H10N2O2/c1-7(2,3)8-5(9)4-6(10)11-8;1-6(2,3)4-7-5(9)10-8-4/h4H2,1-3H3;1-3H3,(H,7,8,9). The molecular formula is C13H21N3O5. The molecule has 118 valence electrons. The van der Waals surface area contributed by atoms with E-state index in [0.717, 1.165) is 5.06 Å². The average molecular weight is 299 g/mol. The summed E-state index contributed by atoms with van der Waals surface area (Å²) >= 11 is 0. The first-order chi connectivity index (χ1) is 9.41. The van der Waals surface area contributed by atoms with Gasteiger partial charge in [-0.25, -0.2) is 9.59 Å². The third kappa shape index (κ3) is 4.73. The Morgan fingerprint density at radius 3 is 1.86 bits per heavy atom. The van der Waals surface area contributed by atoms with Gasteiger partial charge < -0.3 is 4.84 Å². The second-order valence-corrected chi connectivity index (χ2v) is 6.69. The molecule has 1 N–H and O–H groups in total. The van der Waals surface area contributed by atoms with Crippen molar-refractivity contribution in [2.45, 2.75) is 58.9 Å². The maximum atomic E-state index is 11.0. The van der Waals surface area contributed by atoms with Crippen LogP contribution in [0.15, 0.2) is 9.32 Å². The fourth-order valence-electron chi connectivity index (χ4n) is 1.45. The highest BCUT2D eigenvalue weighted by atomic mass is 16.7. The zero-order valence-electron chi connectivity index (χ0n) is 13.1. The molecule has 0 atom stereocenters. The first-order valence-electron chi connectivity index (χ1n) is 6.51. The highest BCUT2D eigenvalue weighted by molar-refractivity contribution is 5.98. The second kappa shape index (κ2) is 5.71. The normalized spacial score (nSPS) is 15.6. The van der Waals surface area contributed by atoms with E-state index in [1.807, 2.05) is 41.5 Å². The SMILES string of the molecule is CC(C)(C)N1OC(=O)CC1=O.CC(C)(C)c1noc(=O)[nH]1. The lowest BCUT2D eigenvalue weighted by molar-refractivity contribution is -0.196. The Morgan fingerprint density at radius 1 is 1.10 bits per heavy atom. The Hall–Kier alpha value is -2.12. The smallest absolute Gasteiger partial charge is 0.337 e. The van der Waals surface area contributed by atoms with Crippen molar-refractivity contribution in [1.29, 1.82) is 0 Å². The summed E-state index contributed by atoms with van der Waals surface area (Å²) in [6, 6.07) is 0. The van der Waals surface area contributed by atoms with Crippen molar-refractivity contribution in [3.05, 3.63) is 16.4 Å². The Morgan fingerprint density at radius 2 is 1.67 bits per heavy atom. The third-order valence-corrected chi connectivity index (χ3v) is 2.48. The monoisotopic (exact) mass is 299 g/mol. The van der Waals surface area contributed by atoms with Crippen molar-refractivity contribution in [3.63, 3.8) is 0 Å². The first-order valence-corrected chi connectivity index (χ1v) is 6.51. The Kier molecular flexibility index (Phi) is 4.60. The lowest BCUT2D eigenvalue weighted by Crippen LogP contribution is -2.41. The molecule has 1 aromatic rings. The minimum Gasteiger partial charge on any atom is -0.337 e. The van der Waals surface area contributed by atoms with Gasteiger partial charge in [-0.3, -0.25) is 14.3 Å². The average Bonchev–Trinajstić information content (AvgIpc) is 2.84. The fourth-order valence-corrected chi connectivity index (χ4v) is 1.45. The summed E-state index contributed by atoms with van der Waals surface area (Å²) in [7, 11) is 0. The van der Waals surface area contributed by atoms with Crippen LogP contribution in [-0.4, -0.2) is 32.6 Å². The zero-order valence-corrected chi connectivity index (χ0v) is 13.1. The number of rotatable bonds is 0. The van der Waals surface area contributed by atoms with Crippen molar-refractivity contribution in [2.75, 3.05) is 0 Å². The maximum Gasteiger partial charge on any atom is 0.438 e. The van der Waals surface area contributed by atoms with E-state index in [9.17, 15) is 14.4 Å². The van der Waals surface area contributed by atoms with Crippen LogP contribution in [0.4, 0.5) is 0 Å². The van der Waals surface area contributed by atoms with Gasteiger partial charge in [-0.15, -0.1) is 0 Å². The van der Waals surface area contributed by atoms with Crippen LogP contribution in [0.1, 0.15) is 53.8 Å². The van der Waals surface area contributed by atoms with Crippen LogP contribution < -0.4 is 5.76 Å². The van der Waals surface area contributed by atoms with Crippen LogP contribution in [0.3, 0.4) is 0 Å². The highest BCUT2D eigenvalue weighted by Crippen LogP contribution is 2.20. The number of nitrogens with one attached hydrogen (secondary N) is 1. The molecule has 0 unspecified atom stereocenters. The number of hydrogen-bond donors (Lipinski definition) is 1. The largest absolute Gasteiger partial charge is 0.438 e. The van der Waals surface area contributed by atoms with Gasteiger partial charge in [-0.2, -0.15) is 5.06 Å². The summed E-state index contributed by atoms with van der Waals surface area (Å²) < 4.78 is 4.33. The van der Waals surface area contributed by atoms with Gasteiger partial charge >= 0.3 is 11.7 Å². The molecule has 1 amide bonds. The van der Waals surface area contributed by atoms with Gasteiger partial charge in [0.25, 0.3) is 5.91 Å². The fraction of sp³-hybridized carbons (Fsp3) is 0.692. The van der Waals surface area contributed by atoms with E-state index in [1.54, 1.807) is 0 Å². The molecule has 1 fully saturated rings. The van der Waals surface area contributed by atoms with Gasteiger partial charge in [0.05, 0.1) is 5.54 Å². The summed E-state index contributed by atoms with van der Waals surface area (Å²) in [5.74, 6) is -0.644. The molecule has 8 heteroatoms. The summed E-state index contributed by atoms with van der Waals surface area (Å²) in [6.45, 7) is 11.3. The van der Waals surface area contributed by atoms with E-state index in [-0.39, 0.29) is 17.7 Å². The Balaban J connectivity index is 0.000000211. The van der Waals surface area contributed by atoms with Crippen molar-refractivity contribution in [2.24, 2.45) is 0 Å². The van der Waals surface area contributed by atoms with Gasteiger partial charge in [0.2, 0.25) is 0 Å². The number of carbonyl (C=O) groups excluding carboxylic acids is 2. The molecular weight excluding hydrogens is 278 g/mol. The molecule has 1 aromatic heterocycles. The summed E-state index contributed by atoms with van der Waals surface area (Å²) in [4.78, 5) is 39.3. The number of hydrogen-bond acceptors (Lipinski definition) is 6. The van der Waals surface area contributed by atoms with Crippen molar-refractivity contribution < 1.29 is 18.9 Å². The molecule has 0 aliphatic carbocycles. The summed E-state index contributed by atoms with van der Waals surface area (Å²) in [5, 5.41) is 4.66. The van der Waals surface area contributed by atoms with Crippen LogP contribution in [0, 0.1) is 0 Å². The van der Waals surface area contributed by atoms with Gasteiger partial charge in [-0.1, -0.05) is 25.9 Å². The van der Waals surface area contributed by atoms with E-state index in [1.165, 1.54) is 0 Å². The Labute approximate surface area is 122 Å². The molecule has 2 heterocycles. The molecule has 8 nitrogen and oxygen atoms in total. The summed E-state index contributed by atoms with van der Waals surface area (Å²) in [5.41, 5.74) is -0.574. The molecule has 21 heavy (non-hydrogen) atoms. The molecule has 0 saturated carbocycles. The van der Waals surface area contributed by atoms with Crippen molar-refractivity contribution in [3.8, 4) is 0 Å². The summed E-state index contributed by atoms with van der Waals surface area (Å²) in [6.07, 6.45) is -0.128. The molecule has 1 aliphatic rings. The number of hydroxylamine groups is 2. The zero-order chi connectivity index (χ0) is 16.4. The number of aromatic nitrogens is 2. The molecule has 0 bridgehead atoms. The predicted octanol–water partition coefficient (Wildman–Crippen LogP) is 1.14. The maximum absolute atomic E-state index is 11.0. The van der Waals surface area contributed by atoms with Crippen LogP contribution in [0.25, 0.3) is 0 Å². The van der Waals surface area contributed by atoms with Crippen LogP contribution >= 0.6 is 0 Å². The van der Waals surface area contributed by atoms with Gasteiger partial charge in [0.15, 0.2) is 5.82 Å².